The molecule has 184 valence electrons. The third kappa shape index (κ3) is 9.60. The van der Waals surface area contributed by atoms with Gasteiger partial charge < -0.3 is 19.7 Å². The Morgan fingerprint density at radius 3 is 2.47 bits per heavy atom. The van der Waals surface area contributed by atoms with Crippen LogP contribution in [-0.4, -0.2) is 75.2 Å². The van der Waals surface area contributed by atoms with Gasteiger partial charge in [-0.2, -0.15) is 8.42 Å². The molecule has 0 aliphatic carbocycles. The Labute approximate surface area is 190 Å². The van der Waals surface area contributed by atoms with Crippen LogP contribution in [0.4, 0.5) is 9.59 Å². The van der Waals surface area contributed by atoms with Gasteiger partial charge >= 0.3 is 12.2 Å². The molecule has 0 bridgehead atoms. The predicted molar refractivity (Wildman–Crippen MR) is 118 cm³/mol. The maximum atomic E-state index is 11.8. The van der Waals surface area contributed by atoms with Crippen molar-refractivity contribution in [3.05, 3.63) is 0 Å². The van der Waals surface area contributed by atoms with Crippen molar-refractivity contribution in [2.45, 2.75) is 77.0 Å². The number of guanidine groups is 1. The Kier molecular flexibility index (Phi) is 9.14. The largest absolute Gasteiger partial charge is 0.444 e. The summed E-state index contributed by atoms with van der Waals surface area (Å²) in [4.78, 5) is 25.2. The van der Waals surface area contributed by atoms with Crippen LogP contribution in [0.1, 0.15) is 59.3 Å². The van der Waals surface area contributed by atoms with Gasteiger partial charge in [0.2, 0.25) is 5.96 Å². The number of unbranched alkanes of at least 4 members (excludes halogenated alkanes) is 1. The minimum atomic E-state index is -3.59. The first-order valence-electron chi connectivity index (χ1n) is 11.0. The van der Waals surface area contributed by atoms with E-state index in [9.17, 15) is 18.0 Å². The topological polar surface area (TPSA) is 147 Å². The van der Waals surface area contributed by atoms with Gasteiger partial charge in [0.25, 0.3) is 10.1 Å². The number of piperidine rings is 1. The van der Waals surface area contributed by atoms with Crippen molar-refractivity contribution in [1.82, 2.24) is 15.5 Å². The Morgan fingerprint density at radius 2 is 1.88 bits per heavy atom. The first-order valence-corrected chi connectivity index (χ1v) is 12.8. The number of carbonyl (C=O) groups is 2. The van der Waals surface area contributed by atoms with Crippen molar-refractivity contribution in [3.63, 3.8) is 0 Å². The van der Waals surface area contributed by atoms with Gasteiger partial charge in [-0.3, -0.25) is 14.9 Å². The number of carbonyl (C=O) groups excluding carboxylic acids is 2. The molecule has 2 fully saturated rings. The second-order valence-corrected chi connectivity index (χ2v) is 11.0. The van der Waals surface area contributed by atoms with Crippen molar-refractivity contribution >= 4 is 28.3 Å². The van der Waals surface area contributed by atoms with E-state index in [4.69, 9.17) is 19.1 Å². The molecular weight excluding hydrogens is 440 g/mol. The number of nitrogens with one attached hydrogen (secondary N) is 3. The molecule has 2 amide bonds. The molecule has 2 unspecified atom stereocenters. The summed E-state index contributed by atoms with van der Waals surface area (Å²) in [6.07, 6.45) is 4.64. The molecule has 32 heavy (non-hydrogen) atoms. The predicted octanol–water partition coefficient (Wildman–Crippen LogP) is 2.17. The van der Waals surface area contributed by atoms with Crippen LogP contribution in [0.25, 0.3) is 0 Å². The maximum Gasteiger partial charge on any atom is 0.414 e. The molecule has 2 aliphatic rings. The highest BCUT2D eigenvalue weighted by Gasteiger charge is 2.34. The molecule has 0 spiro atoms. The third-order valence-electron chi connectivity index (χ3n) is 5.38. The van der Waals surface area contributed by atoms with Crippen LogP contribution >= 0.6 is 0 Å². The number of hydrogen-bond acceptors (Lipinski definition) is 8. The first kappa shape index (κ1) is 26.2. The molecule has 0 aromatic heterocycles. The summed E-state index contributed by atoms with van der Waals surface area (Å²) in [5.74, 6) is 0.608. The number of amides is 2. The van der Waals surface area contributed by atoms with Gasteiger partial charge in [0.1, 0.15) is 18.3 Å². The van der Waals surface area contributed by atoms with Crippen molar-refractivity contribution in [2.75, 3.05) is 26.0 Å². The molecule has 2 aliphatic heterocycles. The number of alkyl carbamates (subject to hydrolysis) is 2. The Hall–Kier alpha value is -2.08. The highest BCUT2D eigenvalue weighted by Crippen LogP contribution is 2.24. The van der Waals surface area contributed by atoms with Crippen LogP contribution in [0, 0.1) is 11.3 Å². The summed E-state index contributed by atoms with van der Waals surface area (Å²) in [5.41, 5.74) is -0.606. The first-order chi connectivity index (χ1) is 14.8. The van der Waals surface area contributed by atoms with Gasteiger partial charge in [0.05, 0.1) is 12.3 Å². The van der Waals surface area contributed by atoms with E-state index >= 15 is 0 Å². The van der Waals surface area contributed by atoms with E-state index in [2.05, 4.69) is 10.6 Å². The number of nitrogens with zero attached hydrogens (tertiary/aromatic N) is 1. The molecule has 3 N–H and O–H groups in total. The van der Waals surface area contributed by atoms with Crippen LogP contribution in [0.3, 0.4) is 0 Å². The summed E-state index contributed by atoms with van der Waals surface area (Å²) in [7, 11) is -3.59. The summed E-state index contributed by atoms with van der Waals surface area (Å²) in [6, 6.07) is -0.259. The van der Waals surface area contributed by atoms with Crippen LogP contribution in [0.15, 0.2) is 0 Å². The lowest BCUT2D eigenvalue weighted by Gasteiger charge is -2.33. The van der Waals surface area contributed by atoms with Crippen molar-refractivity contribution in [3.8, 4) is 0 Å². The Bertz CT molecular complexity index is 773. The van der Waals surface area contributed by atoms with Gasteiger partial charge in [-0.25, -0.2) is 9.59 Å². The lowest BCUT2D eigenvalue weighted by Crippen LogP contribution is -2.48. The summed E-state index contributed by atoms with van der Waals surface area (Å²) in [6.45, 7) is 6.56. The van der Waals surface area contributed by atoms with Crippen LogP contribution < -0.4 is 10.6 Å². The molecule has 11 nitrogen and oxygen atoms in total. The van der Waals surface area contributed by atoms with Crippen molar-refractivity contribution in [1.29, 1.82) is 5.41 Å². The molecular formula is C20H36N4O7S. The van der Waals surface area contributed by atoms with E-state index in [1.807, 2.05) is 4.90 Å². The minimum Gasteiger partial charge on any atom is -0.444 e. The van der Waals surface area contributed by atoms with Crippen molar-refractivity contribution < 1.29 is 31.7 Å². The molecule has 0 aromatic carbocycles. The van der Waals surface area contributed by atoms with Gasteiger partial charge in [0, 0.05) is 13.1 Å². The number of likely N-dealkylation sites (tertiary alicyclic amines) is 1. The summed E-state index contributed by atoms with van der Waals surface area (Å²) < 4.78 is 37.4. The van der Waals surface area contributed by atoms with Crippen LogP contribution in [0.5, 0.6) is 0 Å². The zero-order valence-electron chi connectivity index (χ0n) is 19.3. The average molecular weight is 477 g/mol. The summed E-state index contributed by atoms with van der Waals surface area (Å²) >= 11 is 0. The molecule has 0 saturated carbocycles. The zero-order chi connectivity index (χ0) is 23.9. The zero-order valence-corrected chi connectivity index (χ0v) is 20.1. The average Bonchev–Trinajstić information content (AvgIpc) is 3.01. The van der Waals surface area contributed by atoms with Crippen molar-refractivity contribution in [2.24, 2.45) is 5.92 Å². The second kappa shape index (κ2) is 11.2. The number of rotatable bonds is 8. The van der Waals surface area contributed by atoms with Gasteiger partial charge in [-0.15, -0.1) is 0 Å². The second-order valence-electron chi connectivity index (χ2n) is 9.37. The molecule has 2 saturated heterocycles. The molecule has 2 atom stereocenters. The van der Waals surface area contributed by atoms with E-state index in [1.54, 1.807) is 20.8 Å². The minimum absolute atomic E-state index is 0.0667. The van der Waals surface area contributed by atoms with Gasteiger partial charge in [0.15, 0.2) is 0 Å². The molecule has 0 aromatic rings. The monoisotopic (exact) mass is 476 g/mol. The maximum absolute atomic E-state index is 11.8. The standard InChI is InChI=1S/C20H36N4O7S/c1-20(2,3)31-19(26)23-17(21)24-11-9-14(10-12-24)7-5-6-8-15-16(30-18(25)22-15)13-29-32(4,27)28/h14-16H,5-13H2,1-4H3,(H,22,25)(H2,21,23,26). The number of ether oxygens (including phenoxy) is 2. The quantitative estimate of drug-likeness (QED) is 0.209. The molecule has 2 rings (SSSR count). The van der Waals surface area contributed by atoms with Gasteiger partial charge in [-0.1, -0.05) is 19.3 Å². The summed E-state index contributed by atoms with van der Waals surface area (Å²) in [5, 5.41) is 13.3. The number of hydrogen-bond donors (Lipinski definition) is 3. The Balaban J connectivity index is 1.63. The van der Waals surface area contributed by atoms with Crippen LogP contribution in [0.2, 0.25) is 0 Å². The fraction of sp³-hybridized carbons (Fsp3) is 0.850. The molecule has 2 heterocycles. The third-order valence-corrected chi connectivity index (χ3v) is 5.95. The normalized spacial score (nSPS) is 22.2. The van der Waals surface area contributed by atoms with E-state index < -0.39 is 34.0 Å². The molecule has 0 radical (unpaired) electrons. The highest BCUT2D eigenvalue weighted by molar-refractivity contribution is 7.85. The molecule has 12 heteroatoms. The lowest BCUT2D eigenvalue weighted by molar-refractivity contribution is 0.0554. The fourth-order valence-corrected chi connectivity index (χ4v) is 4.20. The smallest absolute Gasteiger partial charge is 0.414 e. The van der Waals surface area contributed by atoms with E-state index in [-0.39, 0.29) is 18.6 Å². The SMILES string of the molecule is CC(C)(C)OC(=O)NC(=N)N1CCC(CCCCC2NC(=O)OC2COS(C)(=O)=O)CC1. The van der Waals surface area contributed by atoms with E-state index in [1.165, 1.54) is 0 Å². The van der Waals surface area contributed by atoms with Gasteiger partial charge in [-0.05, 0) is 46.0 Å². The highest BCUT2D eigenvalue weighted by atomic mass is 32.2. The fourth-order valence-electron chi connectivity index (χ4n) is 3.82. The lowest BCUT2D eigenvalue weighted by atomic mass is 9.90. The van der Waals surface area contributed by atoms with E-state index in [0.717, 1.165) is 38.4 Å². The Morgan fingerprint density at radius 1 is 1.25 bits per heavy atom. The van der Waals surface area contributed by atoms with Crippen LogP contribution in [-0.2, 0) is 23.8 Å². The number of cyclic esters (lactones) is 1. The van der Waals surface area contributed by atoms with E-state index in [0.29, 0.717) is 25.4 Å².